The van der Waals surface area contributed by atoms with Crippen LogP contribution in [-0.2, 0) is 26.2 Å². The summed E-state index contributed by atoms with van der Waals surface area (Å²) in [5, 5.41) is 3.48. The van der Waals surface area contributed by atoms with Crippen molar-refractivity contribution in [2.75, 3.05) is 30.6 Å². The van der Waals surface area contributed by atoms with E-state index in [1.807, 2.05) is 13.8 Å². The summed E-state index contributed by atoms with van der Waals surface area (Å²) in [6, 6.07) is 16.5. The van der Waals surface area contributed by atoms with E-state index < -0.39 is 34.4 Å². The Kier molecular flexibility index (Phi) is 10.2. The van der Waals surface area contributed by atoms with Crippen LogP contribution < -0.4 is 19.1 Å². The second-order valence-electron chi connectivity index (χ2n) is 10.2. The summed E-state index contributed by atoms with van der Waals surface area (Å²) in [6.07, 6.45) is 0. The first-order valence-electron chi connectivity index (χ1n) is 13.5. The van der Waals surface area contributed by atoms with E-state index in [0.29, 0.717) is 46.9 Å². The van der Waals surface area contributed by atoms with Gasteiger partial charge in [-0.15, -0.1) is 0 Å². The number of nitrogens with zero attached hydrogens (tertiary/aromatic N) is 2. The molecule has 4 rings (SSSR count). The van der Waals surface area contributed by atoms with E-state index in [-0.39, 0.29) is 23.0 Å². The zero-order chi connectivity index (χ0) is 30.4. The first kappa shape index (κ1) is 31.5. The highest BCUT2D eigenvalue weighted by molar-refractivity contribution is 7.92. The number of carbonyl (C=O) groups excluding carboxylic acids is 2. The van der Waals surface area contributed by atoms with Gasteiger partial charge in [0.15, 0.2) is 11.5 Å². The molecule has 42 heavy (non-hydrogen) atoms. The van der Waals surface area contributed by atoms with E-state index in [1.54, 1.807) is 55.5 Å². The van der Waals surface area contributed by atoms with Crippen molar-refractivity contribution in [3.63, 3.8) is 0 Å². The second kappa shape index (κ2) is 13.7. The summed E-state index contributed by atoms with van der Waals surface area (Å²) in [5.41, 5.74) is 0.638. The average molecular weight is 635 g/mol. The Bertz CT molecular complexity index is 1510. The van der Waals surface area contributed by atoms with Gasteiger partial charge >= 0.3 is 0 Å². The number of carbonyl (C=O) groups is 2. The molecule has 0 spiro atoms. The third-order valence-corrected chi connectivity index (χ3v) is 9.16. The highest BCUT2D eigenvalue weighted by Crippen LogP contribution is 2.36. The number of amides is 2. The molecule has 1 aliphatic heterocycles. The standard InChI is InChI=1S/C30H33Cl2N3O6S/c1-20(2)17-33-30(37)21(3)34(18-24-25(31)10-7-11-26(24)32)29(36)19-35(42(38,39)23-8-5-4-6-9-23)22-12-13-27-28(16-22)41-15-14-40-27/h4-13,16,20-21H,14-15,17-19H2,1-3H3,(H,33,37)/t21-/m1/s1. The lowest BCUT2D eigenvalue weighted by Crippen LogP contribution is -2.51. The minimum atomic E-state index is -4.23. The van der Waals surface area contributed by atoms with Crippen LogP contribution in [0.25, 0.3) is 0 Å². The van der Waals surface area contributed by atoms with Gasteiger partial charge in [-0.25, -0.2) is 8.42 Å². The van der Waals surface area contributed by atoms with Gasteiger partial charge < -0.3 is 19.7 Å². The quantitative estimate of drug-likeness (QED) is 0.313. The number of hydrogen-bond acceptors (Lipinski definition) is 6. The molecule has 0 bridgehead atoms. The van der Waals surface area contributed by atoms with Crippen LogP contribution in [0.2, 0.25) is 10.0 Å². The number of sulfonamides is 1. The predicted molar refractivity (Wildman–Crippen MR) is 163 cm³/mol. The molecule has 3 aromatic rings. The van der Waals surface area contributed by atoms with Crippen LogP contribution >= 0.6 is 23.2 Å². The SMILES string of the molecule is CC(C)CNC(=O)[C@@H](C)N(Cc1c(Cl)cccc1Cl)C(=O)CN(c1ccc2c(c1)OCCO2)S(=O)(=O)c1ccccc1. The zero-order valence-electron chi connectivity index (χ0n) is 23.5. The van der Waals surface area contributed by atoms with Crippen LogP contribution in [0.3, 0.4) is 0 Å². The smallest absolute Gasteiger partial charge is 0.264 e. The number of hydrogen-bond donors (Lipinski definition) is 1. The number of fused-ring (bicyclic) bond motifs is 1. The Morgan fingerprint density at radius 1 is 0.905 bits per heavy atom. The molecule has 1 aliphatic rings. The van der Waals surface area contributed by atoms with Gasteiger partial charge in [0.25, 0.3) is 10.0 Å². The molecule has 224 valence electrons. The summed E-state index contributed by atoms with van der Waals surface area (Å²) in [7, 11) is -4.23. The normalized spacial score (nSPS) is 13.4. The topological polar surface area (TPSA) is 105 Å². The molecule has 0 aromatic heterocycles. The molecule has 0 saturated carbocycles. The molecule has 0 saturated heterocycles. The summed E-state index contributed by atoms with van der Waals surface area (Å²) in [5.74, 6) is -0.00551. The number of nitrogens with one attached hydrogen (secondary N) is 1. The molecule has 12 heteroatoms. The molecule has 0 fully saturated rings. The molecular weight excluding hydrogens is 601 g/mol. The van der Waals surface area contributed by atoms with Gasteiger partial charge in [-0.2, -0.15) is 0 Å². The van der Waals surface area contributed by atoms with Gasteiger partial charge in [0.1, 0.15) is 25.8 Å². The lowest BCUT2D eigenvalue weighted by molar-refractivity contribution is -0.139. The minimum absolute atomic E-state index is 0.00360. The number of ether oxygens (including phenoxy) is 2. The van der Waals surface area contributed by atoms with Crippen LogP contribution in [0.5, 0.6) is 11.5 Å². The molecular formula is C30H33Cl2N3O6S. The largest absolute Gasteiger partial charge is 0.486 e. The van der Waals surface area contributed by atoms with Crippen LogP contribution in [0, 0.1) is 5.92 Å². The third kappa shape index (κ3) is 7.29. The Morgan fingerprint density at radius 2 is 1.55 bits per heavy atom. The van der Waals surface area contributed by atoms with E-state index in [1.165, 1.54) is 23.1 Å². The van der Waals surface area contributed by atoms with Gasteiger partial charge in [0.2, 0.25) is 11.8 Å². The molecule has 1 atom stereocenters. The highest BCUT2D eigenvalue weighted by atomic mass is 35.5. The van der Waals surface area contributed by atoms with Crippen LogP contribution in [0.15, 0.2) is 71.6 Å². The maximum absolute atomic E-state index is 14.1. The monoisotopic (exact) mass is 633 g/mol. The minimum Gasteiger partial charge on any atom is -0.486 e. The summed E-state index contributed by atoms with van der Waals surface area (Å²) in [6.45, 7) is 5.84. The number of rotatable bonds is 11. The molecule has 0 unspecified atom stereocenters. The third-order valence-electron chi connectivity index (χ3n) is 6.67. The molecule has 0 radical (unpaired) electrons. The van der Waals surface area contributed by atoms with Crippen molar-refractivity contribution in [3.05, 3.63) is 82.3 Å². The highest BCUT2D eigenvalue weighted by Gasteiger charge is 2.33. The Hall–Kier alpha value is -3.47. The van der Waals surface area contributed by atoms with E-state index >= 15 is 0 Å². The fourth-order valence-corrected chi connectivity index (χ4v) is 6.27. The lowest BCUT2D eigenvalue weighted by Gasteiger charge is -2.32. The van der Waals surface area contributed by atoms with Crippen molar-refractivity contribution < 1.29 is 27.5 Å². The van der Waals surface area contributed by atoms with Gasteiger partial charge in [-0.05, 0) is 49.2 Å². The average Bonchev–Trinajstić information content (AvgIpc) is 2.98. The first-order valence-corrected chi connectivity index (χ1v) is 15.7. The molecule has 1 heterocycles. The summed E-state index contributed by atoms with van der Waals surface area (Å²) < 4.78 is 40.2. The maximum atomic E-state index is 14.1. The number of benzene rings is 3. The second-order valence-corrected chi connectivity index (χ2v) is 12.9. The van der Waals surface area contributed by atoms with E-state index in [2.05, 4.69) is 5.32 Å². The summed E-state index contributed by atoms with van der Waals surface area (Å²) in [4.78, 5) is 28.5. The van der Waals surface area contributed by atoms with Crippen molar-refractivity contribution in [1.29, 1.82) is 0 Å². The summed E-state index contributed by atoms with van der Waals surface area (Å²) >= 11 is 12.9. The number of anilines is 1. The van der Waals surface area contributed by atoms with Crippen molar-refractivity contribution >= 4 is 50.7 Å². The van der Waals surface area contributed by atoms with E-state index in [0.717, 1.165) is 4.31 Å². The van der Waals surface area contributed by atoms with Crippen LogP contribution in [0.1, 0.15) is 26.3 Å². The van der Waals surface area contributed by atoms with Gasteiger partial charge in [0.05, 0.1) is 10.6 Å². The van der Waals surface area contributed by atoms with Crippen molar-refractivity contribution in [3.8, 4) is 11.5 Å². The zero-order valence-corrected chi connectivity index (χ0v) is 25.9. The predicted octanol–water partition coefficient (Wildman–Crippen LogP) is 5.15. The van der Waals surface area contributed by atoms with Crippen molar-refractivity contribution in [2.45, 2.75) is 38.3 Å². The van der Waals surface area contributed by atoms with E-state index in [4.69, 9.17) is 32.7 Å². The Labute approximate surface area is 256 Å². The van der Waals surface area contributed by atoms with Crippen LogP contribution in [0.4, 0.5) is 5.69 Å². The van der Waals surface area contributed by atoms with Gasteiger partial charge in [-0.3, -0.25) is 13.9 Å². The first-order chi connectivity index (χ1) is 20.0. The Morgan fingerprint density at radius 3 is 2.19 bits per heavy atom. The Balaban J connectivity index is 1.74. The molecule has 9 nitrogen and oxygen atoms in total. The molecule has 2 amide bonds. The molecule has 3 aromatic carbocycles. The van der Waals surface area contributed by atoms with Crippen LogP contribution in [-0.4, -0.2) is 57.5 Å². The lowest BCUT2D eigenvalue weighted by atomic mass is 10.1. The fraction of sp³-hybridized carbons (Fsp3) is 0.333. The fourth-order valence-electron chi connectivity index (χ4n) is 4.32. The van der Waals surface area contributed by atoms with Crippen molar-refractivity contribution in [1.82, 2.24) is 10.2 Å². The van der Waals surface area contributed by atoms with E-state index in [9.17, 15) is 18.0 Å². The maximum Gasteiger partial charge on any atom is 0.264 e. The van der Waals surface area contributed by atoms with Gasteiger partial charge in [0, 0.05) is 34.8 Å². The molecule has 1 N–H and O–H groups in total. The molecule has 0 aliphatic carbocycles. The number of halogens is 2. The van der Waals surface area contributed by atoms with Crippen molar-refractivity contribution in [2.24, 2.45) is 5.92 Å². The van der Waals surface area contributed by atoms with Gasteiger partial charge in [-0.1, -0.05) is 61.3 Å².